The van der Waals surface area contributed by atoms with E-state index in [0.717, 1.165) is 10.0 Å². The van der Waals surface area contributed by atoms with Crippen LogP contribution in [0.1, 0.15) is 24.9 Å². The van der Waals surface area contributed by atoms with Crippen LogP contribution in [-0.2, 0) is 4.79 Å². The third-order valence-electron chi connectivity index (χ3n) is 3.00. The Bertz CT molecular complexity index is 596. The van der Waals surface area contributed by atoms with Crippen LogP contribution in [-0.4, -0.2) is 10.9 Å². The van der Waals surface area contributed by atoms with Crippen LogP contribution in [0.5, 0.6) is 5.75 Å². The number of carbonyl (C=O) groups excluding carboxylic acids is 1. The number of rotatable bonds is 5. The van der Waals surface area contributed by atoms with Gasteiger partial charge in [-0.05, 0) is 36.8 Å². The summed E-state index contributed by atoms with van der Waals surface area (Å²) in [4.78, 5) is 11.5. The normalized spacial score (nSPS) is 11.9. The molecule has 0 spiro atoms. The summed E-state index contributed by atoms with van der Waals surface area (Å²) in [5.41, 5.74) is 1.63. The number of ketones is 1. The molecule has 2 N–H and O–H groups in total. The van der Waals surface area contributed by atoms with E-state index < -0.39 is 0 Å². The maximum absolute atomic E-state index is 11.5. The molecule has 4 heteroatoms. The molecule has 0 aliphatic carbocycles. The lowest BCUT2D eigenvalue weighted by atomic mass is 10.0. The number of phenolic OH excluding ortho intramolecular Hbond substituents is 1. The molecule has 0 radical (unpaired) electrons. The van der Waals surface area contributed by atoms with Gasteiger partial charge in [0.05, 0.1) is 11.7 Å². The standard InChI is InChI=1S/C16H16BrNO2/c1-11(19)10-15(12-6-8-13(17)9-7-12)18-14-4-2-3-5-16(14)20/h2-9,15,18,20H,10H2,1H3. The summed E-state index contributed by atoms with van der Waals surface area (Å²) >= 11 is 3.40. The molecule has 0 aliphatic rings. The number of carbonyl (C=O) groups is 1. The van der Waals surface area contributed by atoms with E-state index in [1.165, 1.54) is 0 Å². The lowest BCUT2D eigenvalue weighted by molar-refractivity contribution is -0.117. The van der Waals surface area contributed by atoms with Crippen LogP contribution in [0.25, 0.3) is 0 Å². The number of benzene rings is 2. The van der Waals surface area contributed by atoms with Crippen LogP contribution in [0.2, 0.25) is 0 Å². The van der Waals surface area contributed by atoms with Crippen molar-refractivity contribution in [2.75, 3.05) is 5.32 Å². The van der Waals surface area contributed by atoms with Crippen molar-refractivity contribution in [2.45, 2.75) is 19.4 Å². The average molecular weight is 334 g/mol. The maximum atomic E-state index is 11.5. The Morgan fingerprint density at radius 3 is 2.45 bits per heavy atom. The van der Waals surface area contributed by atoms with Gasteiger partial charge in [-0.2, -0.15) is 0 Å². The van der Waals surface area contributed by atoms with E-state index in [1.54, 1.807) is 25.1 Å². The van der Waals surface area contributed by atoms with Crippen molar-refractivity contribution in [3.8, 4) is 5.75 Å². The molecule has 0 fully saturated rings. The first-order chi connectivity index (χ1) is 9.56. The van der Waals surface area contributed by atoms with Crippen molar-refractivity contribution in [3.63, 3.8) is 0 Å². The Kier molecular flexibility index (Phi) is 4.79. The summed E-state index contributed by atoms with van der Waals surface area (Å²) in [5.74, 6) is 0.277. The number of phenols is 1. The lowest BCUT2D eigenvalue weighted by Gasteiger charge is -2.20. The van der Waals surface area contributed by atoms with E-state index in [9.17, 15) is 9.90 Å². The zero-order valence-corrected chi connectivity index (χ0v) is 12.7. The molecule has 1 atom stereocenters. The monoisotopic (exact) mass is 333 g/mol. The SMILES string of the molecule is CC(=O)CC(Nc1ccccc1O)c1ccc(Br)cc1. The van der Waals surface area contributed by atoms with Crippen molar-refractivity contribution in [3.05, 3.63) is 58.6 Å². The van der Waals surface area contributed by atoms with E-state index in [4.69, 9.17) is 0 Å². The van der Waals surface area contributed by atoms with Crippen LogP contribution < -0.4 is 5.32 Å². The lowest BCUT2D eigenvalue weighted by Crippen LogP contribution is -2.14. The fourth-order valence-corrected chi connectivity index (χ4v) is 2.28. The number of para-hydroxylation sites is 2. The van der Waals surface area contributed by atoms with Gasteiger partial charge < -0.3 is 10.4 Å². The molecule has 0 saturated carbocycles. The van der Waals surface area contributed by atoms with Gasteiger partial charge in [-0.15, -0.1) is 0 Å². The molecule has 0 saturated heterocycles. The number of hydrogen-bond donors (Lipinski definition) is 2. The molecule has 104 valence electrons. The van der Waals surface area contributed by atoms with Crippen LogP contribution in [0.4, 0.5) is 5.69 Å². The molecule has 1 unspecified atom stereocenters. The van der Waals surface area contributed by atoms with Crippen molar-refractivity contribution in [2.24, 2.45) is 0 Å². The summed E-state index contributed by atoms with van der Waals surface area (Å²) < 4.78 is 0.991. The molecule has 2 aromatic carbocycles. The summed E-state index contributed by atoms with van der Waals surface area (Å²) in [6.07, 6.45) is 0.371. The van der Waals surface area contributed by atoms with Gasteiger partial charge in [-0.25, -0.2) is 0 Å². The first kappa shape index (κ1) is 14.6. The highest BCUT2D eigenvalue weighted by Gasteiger charge is 2.15. The molecule has 2 rings (SSSR count). The van der Waals surface area contributed by atoms with Gasteiger partial charge in [0.25, 0.3) is 0 Å². The summed E-state index contributed by atoms with van der Waals surface area (Å²) in [6, 6.07) is 14.7. The second-order valence-corrected chi connectivity index (χ2v) is 5.59. The van der Waals surface area contributed by atoms with Gasteiger partial charge in [0.1, 0.15) is 11.5 Å². The van der Waals surface area contributed by atoms with Crippen LogP contribution in [0.15, 0.2) is 53.0 Å². The average Bonchev–Trinajstić information content (AvgIpc) is 2.41. The minimum Gasteiger partial charge on any atom is -0.506 e. The van der Waals surface area contributed by atoms with Crippen molar-refractivity contribution < 1.29 is 9.90 Å². The third-order valence-corrected chi connectivity index (χ3v) is 3.53. The molecule has 0 heterocycles. The first-order valence-electron chi connectivity index (χ1n) is 6.35. The summed E-state index contributed by atoms with van der Waals surface area (Å²) in [6.45, 7) is 1.57. The molecule has 20 heavy (non-hydrogen) atoms. The molecular formula is C16H16BrNO2. The second-order valence-electron chi connectivity index (χ2n) is 4.67. The molecular weight excluding hydrogens is 318 g/mol. The number of nitrogens with one attached hydrogen (secondary N) is 1. The van der Waals surface area contributed by atoms with Crippen molar-refractivity contribution >= 4 is 27.4 Å². The first-order valence-corrected chi connectivity index (χ1v) is 7.15. The van der Waals surface area contributed by atoms with Gasteiger partial charge in [-0.1, -0.05) is 40.2 Å². The van der Waals surface area contributed by atoms with Crippen molar-refractivity contribution in [1.29, 1.82) is 0 Å². The van der Waals surface area contributed by atoms with E-state index in [0.29, 0.717) is 12.1 Å². The molecule has 0 bridgehead atoms. The van der Waals surface area contributed by atoms with Crippen LogP contribution in [0.3, 0.4) is 0 Å². The van der Waals surface area contributed by atoms with Gasteiger partial charge in [0, 0.05) is 10.9 Å². The highest BCUT2D eigenvalue weighted by Crippen LogP contribution is 2.29. The Hall–Kier alpha value is -1.81. The third kappa shape index (κ3) is 3.84. The quantitative estimate of drug-likeness (QED) is 0.802. The van der Waals surface area contributed by atoms with Crippen molar-refractivity contribution in [1.82, 2.24) is 0 Å². The largest absolute Gasteiger partial charge is 0.506 e. The zero-order valence-electron chi connectivity index (χ0n) is 11.1. The Balaban J connectivity index is 2.26. The fraction of sp³-hybridized carbons (Fsp3) is 0.188. The summed E-state index contributed by atoms with van der Waals surface area (Å²) in [7, 11) is 0. The Morgan fingerprint density at radius 2 is 1.85 bits per heavy atom. The van der Waals surface area contributed by atoms with Gasteiger partial charge >= 0.3 is 0 Å². The smallest absolute Gasteiger partial charge is 0.138 e. The van der Waals surface area contributed by atoms with E-state index >= 15 is 0 Å². The predicted octanol–water partition coefficient (Wildman–Crippen LogP) is 4.29. The van der Waals surface area contributed by atoms with Crippen LogP contribution >= 0.6 is 15.9 Å². The molecule has 0 amide bonds. The molecule has 2 aromatic rings. The Morgan fingerprint density at radius 1 is 1.20 bits per heavy atom. The number of Topliss-reactive ketones (excluding diaryl/α,β-unsaturated/α-hetero) is 1. The zero-order chi connectivity index (χ0) is 14.5. The topological polar surface area (TPSA) is 49.3 Å². The number of hydrogen-bond acceptors (Lipinski definition) is 3. The summed E-state index contributed by atoms with van der Waals surface area (Å²) in [5, 5.41) is 13.1. The minimum atomic E-state index is -0.158. The highest BCUT2D eigenvalue weighted by molar-refractivity contribution is 9.10. The second kappa shape index (κ2) is 6.57. The minimum absolute atomic E-state index is 0.0980. The van der Waals surface area contributed by atoms with Gasteiger partial charge in [0.2, 0.25) is 0 Å². The van der Waals surface area contributed by atoms with Gasteiger partial charge in [0.15, 0.2) is 0 Å². The number of aromatic hydroxyl groups is 1. The maximum Gasteiger partial charge on any atom is 0.138 e. The van der Waals surface area contributed by atoms with E-state index in [2.05, 4.69) is 21.2 Å². The molecule has 0 aliphatic heterocycles. The molecule has 0 aromatic heterocycles. The van der Waals surface area contributed by atoms with Gasteiger partial charge in [-0.3, -0.25) is 4.79 Å². The number of anilines is 1. The fourth-order valence-electron chi connectivity index (χ4n) is 2.02. The van der Waals surface area contributed by atoms with Crippen LogP contribution in [0, 0.1) is 0 Å². The Labute approximate surface area is 126 Å². The van der Waals surface area contributed by atoms with E-state index in [1.807, 2.05) is 30.3 Å². The number of halogens is 1. The molecule has 3 nitrogen and oxygen atoms in total. The highest BCUT2D eigenvalue weighted by atomic mass is 79.9. The van der Waals surface area contributed by atoms with E-state index in [-0.39, 0.29) is 17.6 Å². The predicted molar refractivity (Wildman–Crippen MR) is 83.9 cm³/mol.